The van der Waals surface area contributed by atoms with Crippen molar-refractivity contribution in [1.29, 1.82) is 0 Å². The van der Waals surface area contributed by atoms with Crippen molar-refractivity contribution in [2.75, 3.05) is 0 Å². The Balaban J connectivity index is 0. The van der Waals surface area contributed by atoms with E-state index >= 15 is 0 Å². The van der Waals surface area contributed by atoms with E-state index in [-0.39, 0.29) is 79.3 Å². The quantitative estimate of drug-likeness (QED) is 0.447. The number of hydrogen-bond acceptors (Lipinski definition) is 0. The van der Waals surface area contributed by atoms with Crippen molar-refractivity contribution < 1.29 is 34.1 Å². The summed E-state index contributed by atoms with van der Waals surface area (Å²) in [6, 6.07) is 0. The summed E-state index contributed by atoms with van der Waals surface area (Å²) < 4.78 is 0. The average molecular weight is 178 g/mol. The first-order chi connectivity index (χ1) is 0. The molecule has 0 amide bonds. The van der Waals surface area contributed by atoms with Crippen LogP contribution >= 0.6 is 0 Å². The van der Waals surface area contributed by atoms with Crippen LogP contribution in [-0.2, 0) is 34.1 Å². The van der Waals surface area contributed by atoms with Crippen LogP contribution in [0.5, 0.6) is 0 Å². The molecule has 0 unspecified atom stereocenters. The smallest absolute Gasteiger partial charge is 0 e. The molecule has 0 rings (SSSR count). The molecular formula is CH6CaCuFe. The number of hydrogen-bond donors (Lipinski definition) is 0. The van der Waals surface area contributed by atoms with Crippen LogP contribution in [0.4, 0.5) is 0 Å². The van der Waals surface area contributed by atoms with Gasteiger partial charge in [0.05, 0.1) is 0 Å². The van der Waals surface area contributed by atoms with Crippen molar-refractivity contribution >= 4 is 37.7 Å². The van der Waals surface area contributed by atoms with E-state index in [9.17, 15) is 0 Å². The minimum absolute atomic E-state index is 0. The molecule has 0 aliphatic carbocycles. The molecule has 0 bridgehead atoms. The minimum atomic E-state index is 0. The minimum Gasteiger partial charge on any atom is 0 e. The van der Waals surface area contributed by atoms with Crippen LogP contribution in [0.3, 0.4) is 0 Å². The molecule has 0 saturated heterocycles. The Morgan fingerprint density at radius 2 is 1.00 bits per heavy atom. The summed E-state index contributed by atoms with van der Waals surface area (Å²) in [7, 11) is 0. The third-order valence-electron chi connectivity index (χ3n) is 0. The second kappa shape index (κ2) is 18.5. The van der Waals surface area contributed by atoms with Gasteiger partial charge in [0, 0.05) is 34.1 Å². The molecule has 0 heterocycles. The summed E-state index contributed by atoms with van der Waals surface area (Å²) in [6.45, 7) is 0. The summed E-state index contributed by atoms with van der Waals surface area (Å²) in [6.07, 6.45) is 0. The van der Waals surface area contributed by atoms with Gasteiger partial charge in [-0.05, 0) is 0 Å². The van der Waals surface area contributed by atoms with E-state index in [0.717, 1.165) is 0 Å². The third-order valence-corrected chi connectivity index (χ3v) is 0. The van der Waals surface area contributed by atoms with Gasteiger partial charge in [0.15, 0.2) is 0 Å². The van der Waals surface area contributed by atoms with Crippen LogP contribution in [0.1, 0.15) is 7.43 Å². The van der Waals surface area contributed by atoms with Gasteiger partial charge in [0.1, 0.15) is 0 Å². The predicted octanol–water partition coefficient (Wildman–Crippen LogP) is -0.285. The molecule has 3 heteroatoms. The molecule has 0 nitrogen and oxygen atoms in total. The molecule has 31 valence electrons. The Morgan fingerprint density at radius 3 is 1.00 bits per heavy atom. The second-order valence-corrected chi connectivity index (χ2v) is 0. The first-order valence-electron chi connectivity index (χ1n) is 0. The van der Waals surface area contributed by atoms with Gasteiger partial charge in [-0.2, -0.15) is 0 Å². The van der Waals surface area contributed by atoms with E-state index in [4.69, 9.17) is 0 Å². The zero-order chi connectivity index (χ0) is 0. The molecular weight excluding hydrogens is 171 g/mol. The molecule has 0 spiro atoms. The predicted molar refractivity (Wildman–Crippen MR) is 15.3 cm³/mol. The van der Waals surface area contributed by atoms with Crippen LogP contribution in [0.2, 0.25) is 0 Å². The van der Waals surface area contributed by atoms with Crippen molar-refractivity contribution in [2.24, 2.45) is 0 Å². The van der Waals surface area contributed by atoms with E-state index in [1.165, 1.54) is 0 Å². The van der Waals surface area contributed by atoms with Crippen LogP contribution in [0, 0.1) is 0 Å². The fraction of sp³-hybridized carbons (Fsp3) is 1.00. The fourth-order valence-corrected chi connectivity index (χ4v) is 0. The zero-order valence-corrected chi connectivity index (χ0v) is 2.70. The second-order valence-electron chi connectivity index (χ2n) is 0. The Morgan fingerprint density at radius 1 is 1.00 bits per heavy atom. The summed E-state index contributed by atoms with van der Waals surface area (Å²) in [5.41, 5.74) is 0. The summed E-state index contributed by atoms with van der Waals surface area (Å²) in [4.78, 5) is 0. The topological polar surface area (TPSA) is 0 Å². The molecule has 1 radical (unpaired) electrons. The van der Waals surface area contributed by atoms with Gasteiger partial charge in [0.25, 0.3) is 0 Å². The third kappa shape index (κ3) is 8.85. The average Bonchev–Trinajstić information content (AvgIpc) is 0. The Hall–Kier alpha value is 2.30. The molecule has 4 heavy (non-hydrogen) atoms. The maximum atomic E-state index is 0. The molecule has 0 aliphatic rings. The molecule has 0 aromatic rings. The maximum absolute atomic E-state index is 0. The van der Waals surface area contributed by atoms with Gasteiger partial charge in [-0.25, -0.2) is 0 Å². The molecule has 0 fully saturated rings. The van der Waals surface area contributed by atoms with E-state index in [0.29, 0.717) is 0 Å². The van der Waals surface area contributed by atoms with Crippen molar-refractivity contribution in [2.45, 2.75) is 7.43 Å². The van der Waals surface area contributed by atoms with E-state index in [1.807, 2.05) is 0 Å². The molecule has 0 saturated carbocycles. The van der Waals surface area contributed by atoms with Gasteiger partial charge < -0.3 is 0 Å². The van der Waals surface area contributed by atoms with Crippen LogP contribution in [-0.4, -0.2) is 37.7 Å². The van der Waals surface area contributed by atoms with Crippen molar-refractivity contribution in [3.8, 4) is 0 Å². The Kier molecular flexibility index (Phi) is 155. The molecule has 0 N–H and O–H groups in total. The van der Waals surface area contributed by atoms with Crippen LogP contribution in [0.25, 0.3) is 0 Å². The Bertz CT molecular complexity index is 8.00. The largest absolute Gasteiger partial charge is 0 e. The maximum Gasteiger partial charge on any atom is 0 e. The summed E-state index contributed by atoms with van der Waals surface area (Å²) in [5.74, 6) is 0. The fourth-order valence-electron chi connectivity index (χ4n) is 0. The number of rotatable bonds is 0. The van der Waals surface area contributed by atoms with Gasteiger partial charge in [-0.3, -0.25) is 0 Å². The molecule has 0 aliphatic heterocycles. The van der Waals surface area contributed by atoms with Crippen LogP contribution in [0.15, 0.2) is 0 Å². The summed E-state index contributed by atoms with van der Waals surface area (Å²) in [5, 5.41) is 0. The SMILES string of the molecule is C.[CaH2].[Cu].[Fe]. The monoisotopic (exact) mass is 177 g/mol. The first-order valence-corrected chi connectivity index (χ1v) is 0. The standard InChI is InChI=1S/CH4.Ca.Cu.Fe.2H/h1H4;;;;;. The van der Waals surface area contributed by atoms with Gasteiger partial charge in [0.2, 0.25) is 0 Å². The van der Waals surface area contributed by atoms with E-state index in [2.05, 4.69) is 0 Å². The van der Waals surface area contributed by atoms with Gasteiger partial charge in [-0.15, -0.1) is 0 Å². The van der Waals surface area contributed by atoms with E-state index < -0.39 is 0 Å². The molecule has 0 aromatic carbocycles. The van der Waals surface area contributed by atoms with Crippen LogP contribution < -0.4 is 0 Å². The van der Waals surface area contributed by atoms with Crippen molar-refractivity contribution in [3.05, 3.63) is 0 Å². The van der Waals surface area contributed by atoms with Crippen molar-refractivity contribution in [1.82, 2.24) is 0 Å². The zero-order valence-electron chi connectivity index (χ0n) is 0.655. The normalized spacial score (nSPS) is 0. The molecule has 0 aromatic heterocycles. The van der Waals surface area contributed by atoms with Gasteiger partial charge >= 0.3 is 37.7 Å². The molecule has 0 atom stereocenters. The summed E-state index contributed by atoms with van der Waals surface area (Å²) >= 11 is 0. The first kappa shape index (κ1) is 33.5. The van der Waals surface area contributed by atoms with Gasteiger partial charge in [-0.1, -0.05) is 7.43 Å². The van der Waals surface area contributed by atoms with E-state index in [1.54, 1.807) is 0 Å². The van der Waals surface area contributed by atoms with Crippen molar-refractivity contribution in [3.63, 3.8) is 0 Å². The Labute approximate surface area is 78.0 Å².